The molecule has 0 radical (unpaired) electrons. The summed E-state index contributed by atoms with van der Waals surface area (Å²) < 4.78 is 29.5. The van der Waals surface area contributed by atoms with Crippen LogP contribution in [0.15, 0.2) is 17.0 Å². The summed E-state index contributed by atoms with van der Waals surface area (Å²) in [4.78, 5) is 23.1. The molecule has 11 heteroatoms. The van der Waals surface area contributed by atoms with Crippen molar-refractivity contribution in [1.29, 1.82) is 0 Å². The number of ether oxygens (including phenoxy) is 1. The lowest BCUT2D eigenvalue weighted by Crippen LogP contribution is -2.30. The molecule has 0 aliphatic rings. The second-order valence-corrected chi connectivity index (χ2v) is 8.34. The maximum Gasteiger partial charge on any atom is 0.255 e. The first kappa shape index (κ1) is 23.5. The van der Waals surface area contributed by atoms with E-state index in [1.165, 1.54) is 26.2 Å². The molecule has 0 aromatic heterocycles. The largest absolute Gasteiger partial charge is 0.496 e. The third-order valence-electron chi connectivity index (χ3n) is 4.27. The summed E-state index contributed by atoms with van der Waals surface area (Å²) in [6, 6.07) is 2.56. The molecule has 0 saturated heterocycles. The highest BCUT2D eigenvalue weighted by atomic mass is 32.2. The number of unbranched alkanes of at least 4 members (excludes halogenated alkanes) is 2. The Morgan fingerprint density at radius 1 is 1.29 bits per heavy atom. The predicted molar refractivity (Wildman–Crippen MR) is 106 cm³/mol. The molecule has 158 valence electrons. The number of carbonyl (C=O) groups excluding carboxylic acids is 1. The molecule has 0 aliphatic carbocycles. The van der Waals surface area contributed by atoms with E-state index >= 15 is 0 Å². The third kappa shape index (κ3) is 6.25. The van der Waals surface area contributed by atoms with Gasteiger partial charge >= 0.3 is 0 Å². The number of nitro groups is 1. The number of rotatable bonds is 12. The molecule has 0 heterocycles. The molecule has 10 nitrogen and oxygen atoms in total. The van der Waals surface area contributed by atoms with Crippen molar-refractivity contribution >= 4 is 21.4 Å². The Labute approximate surface area is 165 Å². The van der Waals surface area contributed by atoms with Crippen molar-refractivity contribution < 1.29 is 23.0 Å². The van der Waals surface area contributed by atoms with Crippen molar-refractivity contribution in [1.82, 2.24) is 10.3 Å². The molecular weight excluding hydrogens is 388 g/mol. The second kappa shape index (κ2) is 10.7. The number of carbonyl (C=O) groups is 1. The van der Waals surface area contributed by atoms with E-state index in [9.17, 15) is 23.3 Å². The van der Waals surface area contributed by atoms with Crippen molar-refractivity contribution in [3.05, 3.63) is 27.8 Å². The molecule has 0 bridgehead atoms. The summed E-state index contributed by atoms with van der Waals surface area (Å²) >= 11 is 0. The van der Waals surface area contributed by atoms with E-state index in [1.54, 1.807) is 6.92 Å². The number of nitrogens with one attached hydrogen (secondary N) is 1. The number of nitrogens with two attached hydrogens (primary N) is 1. The van der Waals surface area contributed by atoms with Gasteiger partial charge < -0.3 is 15.8 Å². The van der Waals surface area contributed by atoms with Gasteiger partial charge in [-0.2, -0.15) is 0 Å². The van der Waals surface area contributed by atoms with E-state index < -0.39 is 20.8 Å². The molecule has 0 spiro atoms. The van der Waals surface area contributed by atoms with Gasteiger partial charge in [-0.25, -0.2) is 18.5 Å². The summed E-state index contributed by atoms with van der Waals surface area (Å²) in [5.74, 6) is -0.414. The van der Waals surface area contributed by atoms with E-state index in [1.807, 2.05) is 0 Å². The van der Waals surface area contributed by atoms with Crippen LogP contribution in [-0.4, -0.2) is 56.9 Å². The number of anilines is 1. The number of nitrogens with zero attached hydrogens (tertiary/aromatic N) is 2. The number of nitrogen functional groups attached to an aromatic ring is 1. The van der Waals surface area contributed by atoms with Crippen LogP contribution in [0.3, 0.4) is 0 Å². The van der Waals surface area contributed by atoms with Crippen molar-refractivity contribution in [2.75, 3.05) is 38.2 Å². The Balaban J connectivity index is 2.69. The van der Waals surface area contributed by atoms with Crippen LogP contribution in [0, 0.1) is 10.1 Å². The van der Waals surface area contributed by atoms with E-state index in [2.05, 4.69) is 5.32 Å². The quantitative estimate of drug-likeness (QED) is 0.226. The Kier molecular flexibility index (Phi) is 8.97. The summed E-state index contributed by atoms with van der Waals surface area (Å²) in [6.07, 6.45) is 1.98. The van der Waals surface area contributed by atoms with Crippen molar-refractivity contribution in [2.24, 2.45) is 0 Å². The Morgan fingerprint density at radius 3 is 2.50 bits per heavy atom. The number of hydrazine groups is 1. The molecule has 1 amide bonds. The summed E-state index contributed by atoms with van der Waals surface area (Å²) in [5.41, 5.74) is 5.92. The lowest BCUT2D eigenvalue weighted by Gasteiger charge is -2.14. The van der Waals surface area contributed by atoms with Crippen LogP contribution in [0.5, 0.6) is 5.75 Å². The van der Waals surface area contributed by atoms with E-state index in [4.69, 9.17) is 10.5 Å². The maximum atomic E-state index is 12.5. The van der Waals surface area contributed by atoms with Gasteiger partial charge in [0, 0.05) is 12.6 Å². The molecular formula is C17H28N4O6S. The number of hydrogen-bond donors (Lipinski definition) is 2. The third-order valence-corrected chi connectivity index (χ3v) is 6.05. The number of benzene rings is 1. The van der Waals surface area contributed by atoms with E-state index in [0.29, 0.717) is 38.9 Å². The summed E-state index contributed by atoms with van der Waals surface area (Å²) in [5, 5.41) is 14.1. The summed E-state index contributed by atoms with van der Waals surface area (Å²) in [6.45, 7) is 4.26. The maximum absolute atomic E-state index is 12.5. The molecule has 0 fully saturated rings. The molecule has 0 unspecified atom stereocenters. The molecule has 0 atom stereocenters. The molecule has 1 aromatic rings. The second-order valence-electron chi connectivity index (χ2n) is 6.09. The monoisotopic (exact) mass is 416 g/mol. The number of methoxy groups -OCH3 is 1. The molecule has 3 N–H and O–H groups in total. The van der Waals surface area contributed by atoms with Gasteiger partial charge in [-0.05, 0) is 32.3 Å². The predicted octanol–water partition coefficient (Wildman–Crippen LogP) is 1.48. The Hall–Kier alpha value is -2.56. The van der Waals surface area contributed by atoms with Gasteiger partial charge in [-0.3, -0.25) is 4.79 Å². The Bertz CT molecular complexity index is 797. The van der Waals surface area contributed by atoms with Crippen LogP contribution in [0.2, 0.25) is 0 Å². The highest BCUT2D eigenvalue weighted by molar-refractivity contribution is 7.91. The van der Waals surface area contributed by atoms with Gasteiger partial charge in [0.25, 0.3) is 5.91 Å². The molecule has 1 rings (SSSR count). The summed E-state index contributed by atoms with van der Waals surface area (Å²) in [7, 11) is -2.21. The van der Waals surface area contributed by atoms with Crippen molar-refractivity contribution in [3.63, 3.8) is 0 Å². The normalized spacial score (nSPS) is 11.1. The number of amides is 1. The zero-order valence-corrected chi connectivity index (χ0v) is 17.3. The smallest absolute Gasteiger partial charge is 0.255 e. The van der Waals surface area contributed by atoms with Gasteiger partial charge in [0.1, 0.15) is 5.75 Å². The Morgan fingerprint density at radius 2 is 1.96 bits per heavy atom. The fraction of sp³-hybridized carbons (Fsp3) is 0.588. The van der Waals surface area contributed by atoms with Gasteiger partial charge in [-0.1, -0.05) is 6.92 Å². The lowest BCUT2D eigenvalue weighted by molar-refractivity contribution is -0.654. The van der Waals surface area contributed by atoms with E-state index in [0.717, 1.165) is 5.01 Å². The van der Waals surface area contributed by atoms with Crippen LogP contribution in [-0.2, 0) is 9.84 Å². The van der Waals surface area contributed by atoms with E-state index in [-0.39, 0.29) is 27.6 Å². The minimum absolute atomic E-state index is 0.0292. The average molecular weight is 417 g/mol. The van der Waals surface area contributed by atoms with Crippen LogP contribution < -0.4 is 15.8 Å². The van der Waals surface area contributed by atoms with Gasteiger partial charge in [-0.15, -0.1) is 5.01 Å². The first-order valence-corrected chi connectivity index (χ1v) is 10.7. The fourth-order valence-corrected chi connectivity index (χ4v) is 3.62. The highest BCUT2D eigenvalue weighted by Gasteiger charge is 2.22. The average Bonchev–Trinajstić information content (AvgIpc) is 2.66. The first-order chi connectivity index (χ1) is 13.2. The van der Waals surface area contributed by atoms with Crippen LogP contribution >= 0.6 is 0 Å². The highest BCUT2D eigenvalue weighted by Crippen LogP contribution is 2.29. The van der Waals surface area contributed by atoms with Crippen LogP contribution in [0.25, 0.3) is 0 Å². The lowest BCUT2D eigenvalue weighted by atomic mass is 10.1. The van der Waals surface area contributed by atoms with Gasteiger partial charge in [0.15, 0.2) is 14.9 Å². The molecule has 0 saturated carbocycles. The molecule has 28 heavy (non-hydrogen) atoms. The van der Waals surface area contributed by atoms with Crippen LogP contribution in [0.4, 0.5) is 5.69 Å². The fourth-order valence-electron chi connectivity index (χ4n) is 2.60. The number of hydrogen-bond acceptors (Lipinski definition) is 7. The number of sulfone groups is 1. The molecule has 1 aromatic carbocycles. The van der Waals surface area contributed by atoms with Crippen molar-refractivity contribution in [2.45, 2.75) is 38.0 Å². The zero-order valence-electron chi connectivity index (χ0n) is 16.4. The topological polar surface area (TPSA) is 145 Å². The zero-order chi connectivity index (χ0) is 21.3. The first-order valence-electron chi connectivity index (χ1n) is 9.05. The molecule has 0 aliphatic heterocycles. The van der Waals surface area contributed by atoms with Crippen molar-refractivity contribution in [3.8, 4) is 5.75 Å². The SMILES string of the molecule is CCN(CCCCCNC(=O)c1cc(S(=O)(=O)CC)c(N)cc1OC)[N+](=O)[O-]. The standard InChI is InChI=1S/C17H28N4O6S/c1-4-20(21(23)24)10-8-6-7-9-19-17(22)13-11-16(28(25,26)5-2)14(18)12-15(13)27-3/h11-12H,4-10,18H2,1-3H3,(H,19,22). The minimum Gasteiger partial charge on any atom is -0.496 e. The van der Waals surface area contributed by atoms with Crippen LogP contribution in [0.1, 0.15) is 43.5 Å². The van der Waals surface area contributed by atoms with Gasteiger partial charge in [0.05, 0.1) is 42.1 Å². The van der Waals surface area contributed by atoms with Gasteiger partial charge in [0.2, 0.25) is 0 Å². The minimum atomic E-state index is -3.58.